The molecule has 10 heteroatoms. The van der Waals surface area contributed by atoms with E-state index >= 15 is 0 Å². The largest absolute Gasteiger partial charge is 0.394 e. The second kappa shape index (κ2) is 40.7. The lowest BCUT2D eigenvalue weighted by Crippen LogP contribution is -2.60. The molecule has 1 rings (SSSR count). The molecular formula is C50H97NO9. The van der Waals surface area contributed by atoms with Crippen molar-refractivity contribution in [3.8, 4) is 0 Å². The van der Waals surface area contributed by atoms with Crippen LogP contribution in [0.25, 0.3) is 0 Å². The number of aliphatic hydroxyl groups is 6. The van der Waals surface area contributed by atoms with Crippen LogP contribution in [0.15, 0.2) is 12.2 Å². The molecule has 7 N–H and O–H groups in total. The van der Waals surface area contributed by atoms with E-state index in [4.69, 9.17) is 9.47 Å². The Labute approximate surface area is 368 Å². The molecule has 0 aromatic carbocycles. The highest BCUT2D eigenvalue weighted by Gasteiger charge is 2.44. The van der Waals surface area contributed by atoms with E-state index < -0.39 is 61.5 Å². The molecule has 8 atom stereocenters. The highest BCUT2D eigenvalue weighted by Crippen LogP contribution is 2.23. The Hall–Kier alpha value is -1.11. The Balaban J connectivity index is 2.27. The van der Waals surface area contributed by atoms with Crippen LogP contribution in [0.3, 0.4) is 0 Å². The molecule has 0 radical (unpaired) electrons. The number of rotatable bonds is 43. The van der Waals surface area contributed by atoms with Gasteiger partial charge in [-0.05, 0) is 19.3 Å². The van der Waals surface area contributed by atoms with Crippen LogP contribution >= 0.6 is 0 Å². The molecule has 1 aliphatic heterocycles. The van der Waals surface area contributed by atoms with Crippen LogP contribution < -0.4 is 5.32 Å². The molecule has 60 heavy (non-hydrogen) atoms. The summed E-state index contributed by atoms with van der Waals surface area (Å²) in [4.78, 5) is 13.1. The number of unbranched alkanes of at least 4 members (excludes halogenated alkanes) is 32. The number of allylic oxidation sites excluding steroid dienone is 1. The fourth-order valence-electron chi connectivity index (χ4n) is 8.28. The minimum atomic E-state index is -1.61. The van der Waals surface area contributed by atoms with Crippen LogP contribution in [0, 0.1) is 0 Å². The highest BCUT2D eigenvalue weighted by molar-refractivity contribution is 5.80. The number of carbonyl (C=O) groups excluding carboxylic acids is 1. The zero-order valence-corrected chi connectivity index (χ0v) is 38.8. The summed E-state index contributed by atoms with van der Waals surface area (Å²) in [6.45, 7) is 3.62. The lowest BCUT2D eigenvalue weighted by Gasteiger charge is -2.40. The van der Waals surface area contributed by atoms with E-state index in [1.807, 2.05) is 6.08 Å². The molecule has 8 unspecified atom stereocenters. The van der Waals surface area contributed by atoms with E-state index in [0.29, 0.717) is 6.42 Å². The molecule has 1 saturated heterocycles. The number of amides is 1. The smallest absolute Gasteiger partial charge is 0.249 e. The van der Waals surface area contributed by atoms with Crippen molar-refractivity contribution in [2.75, 3.05) is 13.2 Å². The Morgan fingerprint density at radius 3 is 1.35 bits per heavy atom. The number of ether oxygens (including phenoxy) is 2. The van der Waals surface area contributed by atoms with Gasteiger partial charge in [0.2, 0.25) is 5.91 Å². The summed E-state index contributed by atoms with van der Waals surface area (Å²) in [6, 6.07) is -0.974. The number of nitrogens with one attached hydrogen (secondary N) is 1. The standard InChI is InChI=1S/C50H97NO9/c1-3-5-7-9-11-13-15-17-18-19-20-21-22-23-24-25-26-27-29-31-33-35-37-39-44(54)49(58)51-42(41-59-50-48(57)47(56)46(55)45(40-52)60-50)43(53)38-36-34-32-30-28-16-14-12-10-8-6-4-2/h36,38,42-48,50,52-57H,3-35,37,39-41H2,1-2H3,(H,51,58)/b38-36+. The Morgan fingerprint density at radius 1 is 0.567 bits per heavy atom. The third-order valence-corrected chi connectivity index (χ3v) is 12.5. The zero-order valence-electron chi connectivity index (χ0n) is 38.8. The minimum Gasteiger partial charge on any atom is -0.394 e. The summed E-state index contributed by atoms with van der Waals surface area (Å²) in [5.74, 6) is -0.613. The molecule has 0 aromatic rings. The first-order valence-corrected chi connectivity index (χ1v) is 25.5. The molecule has 1 aliphatic rings. The van der Waals surface area contributed by atoms with E-state index in [0.717, 1.165) is 44.9 Å². The van der Waals surface area contributed by atoms with Gasteiger partial charge >= 0.3 is 0 Å². The quantitative estimate of drug-likeness (QED) is 0.0233. The Morgan fingerprint density at radius 2 is 0.950 bits per heavy atom. The SMILES string of the molecule is CCCCCCCCCCCC/C=C/C(O)C(COC1OC(CO)C(O)C(O)C1O)NC(=O)C(O)CCCCCCCCCCCCCCCCCCCCCCCCC. The highest BCUT2D eigenvalue weighted by atomic mass is 16.7. The van der Waals surface area contributed by atoms with Crippen molar-refractivity contribution in [3.63, 3.8) is 0 Å². The van der Waals surface area contributed by atoms with Crippen LogP contribution in [0.1, 0.15) is 239 Å². The van der Waals surface area contributed by atoms with E-state index in [1.165, 1.54) is 173 Å². The third kappa shape index (κ3) is 30.1. The average molecular weight is 856 g/mol. The monoisotopic (exact) mass is 856 g/mol. The molecule has 0 aromatic heterocycles. The summed E-state index contributed by atoms with van der Waals surface area (Å²) >= 11 is 0. The second-order valence-electron chi connectivity index (χ2n) is 18.1. The van der Waals surface area contributed by atoms with Crippen LogP contribution in [0.4, 0.5) is 0 Å². The van der Waals surface area contributed by atoms with Crippen LogP contribution in [0.2, 0.25) is 0 Å². The van der Waals surface area contributed by atoms with Gasteiger partial charge < -0.3 is 45.4 Å². The van der Waals surface area contributed by atoms with Gasteiger partial charge in [-0.25, -0.2) is 0 Å². The fraction of sp³-hybridized carbons (Fsp3) is 0.940. The van der Waals surface area contributed by atoms with Crippen LogP contribution in [-0.2, 0) is 14.3 Å². The van der Waals surface area contributed by atoms with Crippen molar-refractivity contribution in [1.82, 2.24) is 5.32 Å². The maximum atomic E-state index is 13.1. The van der Waals surface area contributed by atoms with Gasteiger partial charge in [-0.15, -0.1) is 0 Å². The molecule has 1 heterocycles. The minimum absolute atomic E-state index is 0.301. The first-order chi connectivity index (χ1) is 29.3. The number of hydrogen-bond donors (Lipinski definition) is 7. The van der Waals surface area contributed by atoms with E-state index in [9.17, 15) is 35.4 Å². The Bertz CT molecular complexity index is 968. The molecule has 0 saturated carbocycles. The second-order valence-corrected chi connectivity index (χ2v) is 18.1. The zero-order chi connectivity index (χ0) is 43.9. The van der Waals surface area contributed by atoms with Gasteiger partial charge in [-0.3, -0.25) is 4.79 Å². The third-order valence-electron chi connectivity index (χ3n) is 12.5. The van der Waals surface area contributed by atoms with E-state index in [1.54, 1.807) is 6.08 Å². The van der Waals surface area contributed by atoms with Gasteiger partial charge in [0, 0.05) is 0 Å². The van der Waals surface area contributed by atoms with Crippen molar-refractivity contribution in [1.29, 1.82) is 0 Å². The maximum Gasteiger partial charge on any atom is 0.249 e. The summed E-state index contributed by atoms with van der Waals surface area (Å²) in [5, 5.41) is 64.7. The van der Waals surface area contributed by atoms with Gasteiger partial charge in [0.25, 0.3) is 0 Å². The Kier molecular flexibility index (Phi) is 38.6. The molecule has 0 spiro atoms. The van der Waals surface area contributed by atoms with Crippen molar-refractivity contribution in [2.45, 2.75) is 288 Å². The van der Waals surface area contributed by atoms with Gasteiger partial charge in [-0.2, -0.15) is 0 Å². The average Bonchev–Trinajstić information content (AvgIpc) is 3.25. The van der Waals surface area contributed by atoms with Gasteiger partial charge in [0.15, 0.2) is 6.29 Å². The first kappa shape index (κ1) is 56.9. The van der Waals surface area contributed by atoms with E-state index in [-0.39, 0.29) is 6.61 Å². The number of carbonyl (C=O) groups is 1. The van der Waals surface area contributed by atoms with Crippen LogP contribution in [-0.4, -0.2) is 98.7 Å². The molecule has 0 aliphatic carbocycles. The normalized spacial score (nSPS) is 21.1. The lowest BCUT2D eigenvalue weighted by molar-refractivity contribution is -0.302. The first-order valence-electron chi connectivity index (χ1n) is 25.5. The summed E-state index contributed by atoms with van der Waals surface area (Å²) in [6.07, 6.45) is 37.4. The summed E-state index contributed by atoms with van der Waals surface area (Å²) in [5.41, 5.74) is 0. The van der Waals surface area contributed by atoms with Gasteiger partial charge in [-0.1, -0.05) is 231 Å². The summed E-state index contributed by atoms with van der Waals surface area (Å²) < 4.78 is 11.1. The van der Waals surface area contributed by atoms with Gasteiger partial charge in [0.05, 0.1) is 25.4 Å². The predicted molar refractivity (Wildman–Crippen MR) is 246 cm³/mol. The maximum absolute atomic E-state index is 13.1. The van der Waals surface area contributed by atoms with Crippen molar-refractivity contribution in [3.05, 3.63) is 12.2 Å². The van der Waals surface area contributed by atoms with Crippen molar-refractivity contribution < 1.29 is 44.9 Å². The molecule has 1 amide bonds. The van der Waals surface area contributed by atoms with Crippen molar-refractivity contribution in [2.24, 2.45) is 0 Å². The molecule has 1 fully saturated rings. The summed E-state index contributed by atoms with van der Waals surface area (Å²) in [7, 11) is 0. The predicted octanol–water partition coefficient (Wildman–Crippen LogP) is 10.3. The van der Waals surface area contributed by atoms with E-state index in [2.05, 4.69) is 19.2 Å². The molecular weight excluding hydrogens is 759 g/mol. The topological polar surface area (TPSA) is 169 Å². The van der Waals surface area contributed by atoms with Gasteiger partial charge in [0.1, 0.15) is 30.5 Å². The molecule has 356 valence electrons. The molecule has 0 bridgehead atoms. The fourth-order valence-corrected chi connectivity index (χ4v) is 8.28. The number of hydrogen-bond acceptors (Lipinski definition) is 9. The van der Waals surface area contributed by atoms with Crippen molar-refractivity contribution >= 4 is 5.91 Å². The lowest BCUT2D eigenvalue weighted by atomic mass is 9.99. The molecule has 10 nitrogen and oxygen atoms in total. The number of aliphatic hydroxyl groups excluding tert-OH is 6. The van der Waals surface area contributed by atoms with Crippen LogP contribution in [0.5, 0.6) is 0 Å².